The van der Waals surface area contributed by atoms with Crippen LogP contribution in [0.2, 0.25) is 0 Å². The van der Waals surface area contributed by atoms with Crippen molar-refractivity contribution in [3.8, 4) is 11.4 Å². The molecule has 1 aliphatic rings. The lowest BCUT2D eigenvalue weighted by Gasteiger charge is -2.29. The maximum atomic E-state index is 12.1. The van der Waals surface area contributed by atoms with Gasteiger partial charge < -0.3 is 24.6 Å². The van der Waals surface area contributed by atoms with Crippen LogP contribution >= 0.6 is 12.2 Å². The molecule has 5 rings (SSSR count). The van der Waals surface area contributed by atoms with E-state index in [1.807, 2.05) is 52.1 Å². The topological polar surface area (TPSA) is 126 Å². The Morgan fingerprint density at radius 1 is 1.08 bits per heavy atom. The molecule has 0 saturated carbocycles. The van der Waals surface area contributed by atoms with E-state index < -0.39 is 22.0 Å². The Bertz CT molecular complexity index is 1640. The van der Waals surface area contributed by atoms with Crippen LogP contribution in [0.4, 0.5) is 11.4 Å². The fourth-order valence-electron chi connectivity index (χ4n) is 4.69. The van der Waals surface area contributed by atoms with E-state index in [0.717, 1.165) is 23.3 Å². The van der Waals surface area contributed by atoms with Crippen LogP contribution in [0.1, 0.15) is 33.8 Å². The standard InChI is InChI=1S/C27H25N5O5S2/c1-37-23-13-12-19(16-21(23)30-39(2,35)36)32-25(24(29-27(32)38)20-6-3-4-14-28-20)22-7-5-15-31(22)18-10-8-17(9-11-18)26(33)34/h3-16,24-25,30H,1-2H3,(H,29,38)(H,33,34)/t24-,25+/m0/s1. The summed E-state index contributed by atoms with van der Waals surface area (Å²) in [6.45, 7) is 0. The van der Waals surface area contributed by atoms with Gasteiger partial charge in [0, 0.05) is 29.5 Å². The highest BCUT2D eigenvalue weighted by Gasteiger charge is 2.42. The van der Waals surface area contributed by atoms with Gasteiger partial charge in [-0.3, -0.25) is 9.71 Å². The molecule has 1 saturated heterocycles. The zero-order valence-corrected chi connectivity index (χ0v) is 22.6. The van der Waals surface area contributed by atoms with Gasteiger partial charge in [0.25, 0.3) is 0 Å². The molecule has 3 N–H and O–H groups in total. The second kappa shape index (κ2) is 10.4. The predicted molar refractivity (Wildman–Crippen MR) is 152 cm³/mol. The molecule has 12 heteroatoms. The van der Waals surface area contributed by atoms with Crippen molar-refractivity contribution in [2.75, 3.05) is 23.0 Å². The van der Waals surface area contributed by atoms with Crippen LogP contribution in [-0.4, -0.2) is 47.5 Å². The molecule has 0 aliphatic carbocycles. The van der Waals surface area contributed by atoms with E-state index in [1.54, 1.807) is 42.6 Å². The number of methoxy groups -OCH3 is 1. The number of carbonyl (C=O) groups is 1. The fraction of sp³-hybridized carbons (Fsp3) is 0.148. The highest BCUT2D eigenvalue weighted by atomic mass is 32.2. The number of carboxylic acids is 1. The number of sulfonamides is 1. The van der Waals surface area contributed by atoms with Gasteiger partial charge in [-0.2, -0.15) is 0 Å². The first-order valence-electron chi connectivity index (χ1n) is 11.8. The van der Waals surface area contributed by atoms with Crippen molar-refractivity contribution in [3.63, 3.8) is 0 Å². The Hall–Kier alpha value is -4.42. The number of nitrogens with zero attached hydrogens (tertiary/aromatic N) is 3. The minimum atomic E-state index is -3.58. The molecule has 39 heavy (non-hydrogen) atoms. The monoisotopic (exact) mass is 563 g/mol. The normalized spacial score (nSPS) is 17.1. The van der Waals surface area contributed by atoms with E-state index in [-0.39, 0.29) is 17.3 Å². The first kappa shape index (κ1) is 26.2. The number of nitrogens with one attached hydrogen (secondary N) is 2. The lowest BCUT2D eigenvalue weighted by molar-refractivity contribution is 0.0697. The number of anilines is 2. The van der Waals surface area contributed by atoms with Crippen LogP contribution in [0.25, 0.3) is 5.69 Å². The van der Waals surface area contributed by atoms with Gasteiger partial charge in [-0.05, 0) is 78.9 Å². The summed E-state index contributed by atoms with van der Waals surface area (Å²) in [5.74, 6) is -0.638. The van der Waals surface area contributed by atoms with E-state index in [1.165, 1.54) is 7.11 Å². The molecule has 1 aliphatic heterocycles. The van der Waals surface area contributed by atoms with Crippen LogP contribution in [0.5, 0.6) is 5.75 Å². The second-order valence-corrected chi connectivity index (χ2v) is 11.0. The number of thiocarbonyl (C=S) groups is 1. The zero-order valence-electron chi connectivity index (χ0n) is 21.0. The Balaban J connectivity index is 1.65. The van der Waals surface area contributed by atoms with E-state index in [4.69, 9.17) is 17.0 Å². The molecule has 2 aromatic carbocycles. The smallest absolute Gasteiger partial charge is 0.335 e. The summed E-state index contributed by atoms with van der Waals surface area (Å²) < 4.78 is 34.0. The van der Waals surface area contributed by atoms with Gasteiger partial charge in [0.2, 0.25) is 10.0 Å². The molecular weight excluding hydrogens is 538 g/mol. The Kier molecular flexibility index (Phi) is 6.98. The van der Waals surface area contributed by atoms with E-state index in [0.29, 0.717) is 16.5 Å². The average molecular weight is 564 g/mol. The van der Waals surface area contributed by atoms with Gasteiger partial charge in [0.1, 0.15) is 11.8 Å². The van der Waals surface area contributed by atoms with Crippen molar-refractivity contribution in [1.82, 2.24) is 14.9 Å². The molecule has 0 radical (unpaired) electrons. The molecule has 0 bridgehead atoms. The summed E-state index contributed by atoms with van der Waals surface area (Å²) >= 11 is 5.81. The largest absolute Gasteiger partial charge is 0.495 e. The average Bonchev–Trinajstić information content (AvgIpc) is 3.52. The number of aromatic nitrogens is 2. The number of hydrogen-bond acceptors (Lipinski definition) is 6. The lowest BCUT2D eigenvalue weighted by Crippen LogP contribution is -2.30. The number of carboxylic acid groups (broad SMARTS) is 1. The summed E-state index contributed by atoms with van der Waals surface area (Å²) in [5, 5.41) is 13.1. The van der Waals surface area contributed by atoms with Crippen LogP contribution < -0.4 is 19.7 Å². The van der Waals surface area contributed by atoms with E-state index in [2.05, 4.69) is 15.0 Å². The molecule has 2 aromatic heterocycles. The molecule has 200 valence electrons. The molecule has 10 nitrogen and oxygen atoms in total. The first-order chi connectivity index (χ1) is 18.7. The van der Waals surface area contributed by atoms with Gasteiger partial charge in [0.05, 0.1) is 36.4 Å². The van der Waals surface area contributed by atoms with Gasteiger partial charge in [-0.25, -0.2) is 13.2 Å². The maximum Gasteiger partial charge on any atom is 0.335 e. The van der Waals surface area contributed by atoms with Gasteiger partial charge in [-0.15, -0.1) is 0 Å². The third kappa shape index (κ3) is 5.29. The summed E-state index contributed by atoms with van der Waals surface area (Å²) in [6.07, 6.45) is 4.68. The van der Waals surface area contributed by atoms with Crippen LogP contribution in [0.15, 0.2) is 85.2 Å². The number of benzene rings is 2. The minimum absolute atomic E-state index is 0.188. The Labute approximate surface area is 230 Å². The third-order valence-electron chi connectivity index (χ3n) is 6.33. The SMILES string of the molecule is COc1ccc(N2C(=S)N[C@@H](c3ccccn3)[C@H]2c2cccn2-c2ccc(C(=O)O)cc2)cc1NS(C)(=O)=O. The highest BCUT2D eigenvalue weighted by molar-refractivity contribution is 7.92. The van der Waals surface area contributed by atoms with Crippen molar-refractivity contribution in [3.05, 3.63) is 102 Å². The van der Waals surface area contributed by atoms with Crippen molar-refractivity contribution in [2.45, 2.75) is 12.1 Å². The summed E-state index contributed by atoms with van der Waals surface area (Å²) in [4.78, 5) is 17.9. The molecule has 0 spiro atoms. The predicted octanol–water partition coefficient (Wildman–Crippen LogP) is 4.13. The van der Waals surface area contributed by atoms with Crippen molar-refractivity contribution in [1.29, 1.82) is 0 Å². The van der Waals surface area contributed by atoms with E-state index >= 15 is 0 Å². The quantitative estimate of drug-likeness (QED) is 0.271. The maximum absolute atomic E-state index is 12.1. The van der Waals surface area contributed by atoms with Crippen molar-refractivity contribution < 1.29 is 23.1 Å². The zero-order chi connectivity index (χ0) is 27.7. The van der Waals surface area contributed by atoms with Gasteiger partial charge in [0.15, 0.2) is 5.11 Å². The van der Waals surface area contributed by atoms with Crippen LogP contribution in [0.3, 0.4) is 0 Å². The molecule has 1 fully saturated rings. The van der Waals surface area contributed by atoms with Crippen molar-refractivity contribution >= 4 is 44.7 Å². The molecule has 2 atom stereocenters. The first-order valence-corrected chi connectivity index (χ1v) is 14.1. The Morgan fingerprint density at radius 3 is 2.46 bits per heavy atom. The number of pyridine rings is 1. The lowest BCUT2D eigenvalue weighted by atomic mass is 10.0. The molecule has 3 heterocycles. The fourth-order valence-corrected chi connectivity index (χ4v) is 5.60. The summed E-state index contributed by atoms with van der Waals surface area (Å²) in [5.41, 5.74) is 3.50. The second-order valence-electron chi connectivity index (χ2n) is 8.91. The van der Waals surface area contributed by atoms with Crippen molar-refractivity contribution in [2.24, 2.45) is 0 Å². The number of ether oxygens (including phenoxy) is 1. The minimum Gasteiger partial charge on any atom is -0.495 e. The third-order valence-corrected chi connectivity index (χ3v) is 7.24. The summed E-state index contributed by atoms with van der Waals surface area (Å²) in [6, 6.07) is 20.5. The van der Waals surface area contributed by atoms with Crippen LogP contribution in [0, 0.1) is 0 Å². The summed E-state index contributed by atoms with van der Waals surface area (Å²) in [7, 11) is -2.11. The Morgan fingerprint density at radius 2 is 1.82 bits per heavy atom. The van der Waals surface area contributed by atoms with E-state index in [9.17, 15) is 18.3 Å². The molecule has 0 unspecified atom stereocenters. The molecule has 4 aromatic rings. The highest BCUT2D eigenvalue weighted by Crippen LogP contribution is 2.43. The van der Waals surface area contributed by atoms with Crippen LogP contribution in [-0.2, 0) is 10.0 Å². The number of rotatable bonds is 8. The molecular formula is C27H25N5O5S2. The number of hydrogen-bond donors (Lipinski definition) is 3. The molecule has 0 amide bonds. The van der Waals surface area contributed by atoms with Gasteiger partial charge >= 0.3 is 5.97 Å². The van der Waals surface area contributed by atoms with Gasteiger partial charge in [-0.1, -0.05) is 6.07 Å². The number of aromatic carboxylic acids is 1.